The molecule has 2 rings (SSSR count). The summed E-state index contributed by atoms with van der Waals surface area (Å²) in [6.07, 6.45) is 1.86. The Morgan fingerprint density at radius 1 is 1.50 bits per heavy atom. The van der Waals surface area contributed by atoms with Gasteiger partial charge in [-0.3, -0.25) is 4.79 Å². The van der Waals surface area contributed by atoms with Gasteiger partial charge in [0, 0.05) is 0 Å². The van der Waals surface area contributed by atoms with Crippen molar-refractivity contribution in [1.82, 2.24) is 4.98 Å². The third-order valence-electron chi connectivity index (χ3n) is 2.62. The molecule has 2 aromatic rings. The molecule has 0 fully saturated rings. The van der Waals surface area contributed by atoms with Gasteiger partial charge >= 0.3 is 5.97 Å². The molecule has 0 saturated carbocycles. The number of benzene rings is 1. The first kappa shape index (κ1) is 10.7. The van der Waals surface area contributed by atoms with Gasteiger partial charge in [-0.15, -0.1) is 0 Å². The molecule has 4 nitrogen and oxygen atoms in total. The van der Waals surface area contributed by atoms with Crippen molar-refractivity contribution in [2.75, 3.05) is 0 Å². The molecule has 1 aromatic carbocycles. The molecule has 16 heavy (non-hydrogen) atoms. The van der Waals surface area contributed by atoms with Crippen LogP contribution in [0, 0.1) is 5.41 Å². The fourth-order valence-electron chi connectivity index (χ4n) is 1.60. The number of hydrogen-bond donors (Lipinski definition) is 1. The van der Waals surface area contributed by atoms with E-state index in [1.807, 2.05) is 18.2 Å². The first-order valence-corrected chi connectivity index (χ1v) is 5.04. The molecular weight excluding hydrogens is 206 g/mol. The Morgan fingerprint density at radius 2 is 2.25 bits per heavy atom. The highest BCUT2D eigenvalue weighted by Gasteiger charge is 2.27. The molecule has 0 amide bonds. The maximum Gasteiger partial charge on any atom is 0.309 e. The van der Waals surface area contributed by atoms with Crippen molar-refractivity contribution in [3.63, 3.8) is 0 Å². The summed E-state index contributed by atoms with van der Waals surface area (Å²) in [5, 5.41) is 9.04. The van der Waals surface area contributed by atoms with E-state index in [2.05, 4.69) is 4.98 Å². The van der Waals surface area contributed by atoms with Crippen molar-refractivity contribution in [1.29, 1.82) is 0 Å². The number of fused-ring (bicyclic) bond motifs is 1. The molecule has 1 N–H and O–H groups in total. The van der Waals surface area contributed by atoms with Gasteiger partial charge in [0.2, 0.25) is 0 Å². The predicted molar refractivity (Wildman–Crippen MR) is 59.1 cm³/mol. The summed E-state index contributed by atoms with van der Waals surface area (Å²) in [5.41, 5.74) is 1.67. The Balaban J connectivity index is 2.30. The maximum atomic E-state index is 11.0. The van der Waals surface area contributed by atoms with E-state index in [1.54, 1.807) is 13.8 Å². The van der Waals surface area contributed by atoms with E-state index in [4.69, 9.17) is 9.52 Å². The normalized spacial score (nSPS) is 11.9. The first-order valence-electron chi connectivity index (χ1n) is 5.04. The fraction of sp³-hybridized carbons (Fsp3) is 0.333. The number of aromatic nitrogens is 1. The second-order valence-corrected chi connectivity index (χ2v) is 4.52. The molecule has 1 heterocycles. The molecule has 0 atom stereocenters. The Hall–Kier alpha value is -1.84. The van der Waals surface area contributed by atoms with Crippen LogP contribution in [-0.4, -0.2) is 16.1 Å². The van der Waals surface area contributed by atoms with Crippen LogP contribution in [0.3, 0.4) is 0 Å². The van der Waals surface area contributed by atoms with Crippen LogP contribution in [0.1, 0.15) is 19.4 Å². The number of carboxylic acids is 1. The van der Waals surface area contributed by atoms with E-state index in [0.717, 1.165) is 16.7 Å². The molecule has 0 bridgehead atoms. The van der Waals surface area contributed by atoms with E-state index >= 15 is 0 Å². The van der Waals surface area contributed by atoms with E-state index < -0.39 is 11.4 Å². The zero-order valence-electron chi connectivity index (χ0n) is 9.23. The fourth-order valence-corrected chi connectivity index (χ4v) is 1.60. The molecule has 0 spiro atoms. The van der Waals surface area contributed by atoms with Crippen LogP contribution in [0.15, 0.2) is 29.0 Å². The molecule has 0 radical (unpaired) electrons. The number of oxazole rings is 1. The summed E-state index contributed by atoms with van der Waals surface area (Å²) < 4.78 is 5.12. The second kappa shape index (κ2) is 3.63. The maximum absolute atomic E-state index is 11.0. The smallest absolute Gasteiger partial charge is 0.309 e. The molecule has 0 saturated heterocycles. The summed E-state index contributed by atoms with van der Waals surface area (Å²) in [6.45, 7) is 3.42. The number of hydrogen-bond acceptors (Lipinski definition) is 3. The van der Waals surface area contributed by atoms with Gasteiger partial charge in [0.15, 0.2) is 12.0 Å². The van der Waals surface area contributed by atoms with Gasteiger partial charge in [-0.25, -0.2) is 4.98 Å². The number of carboxylic acid groups (broad SMARTS) is 1. The van der Waals surface area contributed by atoms with Gasteiger partial charge in [-0.2, -0.15) is 0 Å². The van der Waals surface area contributed by atoms with E-state index in [1.165, 1.54) is 6.39 Å². The van der Waals surface area contributed by atoms with E-state index in [0.29, 0.717) is 6.42 Å². The lowest BCUT2D eigenvalue weighted by Crippen LogP contribution is -2.26. The van der Waals surface area contributed by atoms with Crippen molar-refractivity contribution in [2.24, 2.45) is 5.41 Å². The minimum atomic E-state index is -0.798. The number of rotatable bonds is 3. The molecule has 1 aromatic heterocycles. The summed E-state index contributed by atoms with van der Waals surface area (Å²) >= 11 is 0. The van der Waals surface area contributed by atoms with Crippen molar-refractivity contribution in [2.45, 2.75) is 20.3 Å². The van der Waals surface area contributed by atoms with Gasteiger partial charge in [0.05, 0.1) is 5.41 Å². The lowest BCUT2D eigenvalue weighted by atomic mass is 9.86. The van der Waals surface area contributed by atoms with Gasteiger partial charge in [0.25, 0.3) is 0 Å². The van der Waals surface area contributed by atoms with Gasteiger partial charge in [-0.1, -0.05) is 6.07 Å². The number of nitrogens with zero attached hydrogens (tertiary/aromatic N) is 1. The number of carbonyl (C=O) groups is 1. The van der Waals surface area contributed by atoms with Crippen LogP contribution in [-0.2, 0) is 11.2 Å². The SMILES string of the molecule is CC(C)(Cc1ccc2ocnc2c1)C(=O)O. The minimum absolute atomic E-state index is 0.477. The average molecular weight is 219 g/mol. The van der Waals surface area contributed by atoms with E-state index in [-0.39, 0.29) is 0 Å². The molecule has 4 heteroatoms. The molecular formula is C12H13NO3. The highest BCUT2D eigenvalue weighted by molar-refractivity contribution is 5.75. The third-order valence-corrected chi connectivity index (χ3v) is 2.62. The molecule has 0 unspecified atom stereocenters. The van der Waals surface area contributed by atoms with Gasteiger partial charge in [0.1, 0.15) is 5.52 Å². The van der Waals surface area contributed by atoms with Crippen molar-refractivity contribution >= 4 is 17.1 Å². The second-order valence-electron chi connectivity index (χ2n) is 4.52. The molecule has 0 aliphatic carbocycles. The van der Waals surface area contributed by atoms with Crippen LogP contribution in [0.4, 0.5) is 0 Å². The lowest BCUT2D eigenvalue weighted by molar-refractivity contribution is -0.146. The molecule has 84 valence electrons. The zero-order valence-corrected chi connectivity index (χ0v) is 9.23. The molecule has 0 aliphatic heterocycles. The largest absolute Gasteiger partial charge is 0.481 e. The third kappa shape index (κ3) is 1.91. The molecule has 0 aliphatic rings. The number of aliphatic carboxylic acids is 1. The summed E-state index contributed by atoms with van der Waals surface area (Å²) in [6, 6.07) is 5.55. The van der Waals surface area contributed by atoms with Crippen LogP contribution in [0.25, 0.3) is 11.1 Å². The lowest BCUT2D eigenvalue weighted by Gasteiger charge is -2.18. The zero-order chi connectivity index (χ0) is 11.8. The van der Waals surface area contributed by atoms with Gasteiger partial charge in [-0.05, 0) is 38.0 Å². The average Bonchev–Trinajstić information content (AvgIpc) is 2.63. The van der Waals surface area contributed by atoms with Crippen LogP contribution in [0.2, 0.25) is 0 Å². The van der Waals surface area contributed by atoms with E-state index in [9.17, 15) is 4.79 Å². The van der Waals surface area contributed by atoms with Crippen LogP contribution >= 0.6 is 0 Å². The van der Waals surface area contributed by atoms with Crippen molar-refractivity contribution in [3.8, 4) is 0 Å². The quantitative estimate of drug-likeness (QED) is 0.861. The highest BCUT2D eigenvalue weighted by atomic mass is 16.4. The van der Waals surface area contributed by atoms with Crippen LogP contribution < -0.4 is 0 Å². The Labute approximate surface area is 92.9 Å². The Morgan fingerprint density at radius 3 is 2.94 bits per heavy atom. The highest BCUT2D eigenvalue weighted by Crippen LogP contribution is 2.24. The van der Waals surface area contributed by atoms with Crippen LogP contribution in [0.5, 0.6) is 0 Å². The standard InChI is InChI=1S/C12H13NO3/c1-12(2,11(14)15)6-8-3-4-10-9(5-8)13-7-16-10/h3-5,7H,6H2,1-2H3,(H,14,15). The summed E-state index contributed by atoms with van der Waals surface area (Å²) in [4.78, 5) is 15.0. The van der Waals surface area contributed by atoms with Crippen molar-refractivity contribution < 1.29 is 14.3 Å². The predicted octanol–water partition coefficient (Wildman–Crippen LogP) is 2.48. The topological polar surface area (TPSA) is 63.3 Å². The summed E-state index contributed by atoms with van der Waals surface area (Å²) in [7, 11) is 0. The first-order chi connectivity index (χ1) is 7.49. The Kier molecular flexibility index (Phi) is 2.42. The minimum Gasteiger partial charge on any atom is -0.481 e. The summed E-state index contributed by atoms with van der Waals surface area (Å²) in [5.74, 6) is -0.798. The van der Waals surface area contributed by atoms with Gasteiger partial charge < -0.3 is 9.52 Å². The monoisotopic (exact) mass is 219 g/mol. The Bertz CT molecular complexity index is 528. The van der Waals surface area contributed by atoms with Crippen molar-refractivity contribution in [3.05, 3.63) is 30.2 Å².